The van der Waals surface area contributed by atoms with Gasteiger partial charge >= 0.3 is 0 Å². The molecule has 1 N–H and O–H groups in total. The van der Waals surface area contributed by atoms with Gasteiger partial charge in [0.05, 0.1) is 10.9 Å². The Morgan fingerprint density at radius 2 is 1.59 bits per heavy atom. The van der Waals surface area contributed by atoms with E-state index in [1.165, 1.54) is 11.8 Å². The monoisotopic (exact) mass is 417 g/mol. The van der Waals surface area contributed by atoms with E-state index < -0.39 is 15.9 Å². The molecule has 0 aliphatic carbocycles. The maximum atomic E-state index is 12.6. The van der Waals surface area contributed by atoms with Crippen molar-refractivity contribution in [2.24, 2.45) is 0 Å². The molecule has 0 radical (unpaired) electrons. The lowest BCUT2D eigenvalue weighted by Crippen LogP contribution is -2.38. The molecule has 0 saturated carbocycles. The van der Waals surface area contributed by atoms with Crippen LogP contribution in [-0.2, 0) is 20.0 Å². The van der Waals surface area contributed by atoms with Gasteiger partial charge in [0.1, 0.15) is 5.75 Å². The molecule has 1 amide bonds. The van der Waals surface area contributed by atoms with Crippen molar-refractivity contribution in [3.63, 3.8) is 0 Å². The lowest BCUT2D eigenvalue weighted by molar-refractivity contribution is -0.128. The third-order valence-electron chi connectivity index (χ3n) is 4.84. The van der Waals surface area contributed by atoms with Gasteiger partial charge in [-0.3, -0.25) is 4.79 Å². The summed E-state index contributed by atoms with van der Waals surface area (Å²) in [7, 11) is -3.24. The number of benzene rings is 2. The van der Waals surface area contributed by atoms with Gasteiger partial charge in [0.2, 0.25) is 0 Å². The molecular weight excluding hydrogens is 386 g/mol. The van der Waals surface area contributed by atoms with Crippen molar-refractivity contribution in [1.82, 2.24) is 5.32 Å². The molecular formula is C23H31NO4S. The number of hydrogen-bond acceptors (Lipinski definition) is 4. The van der Waals surface area contributed by atoms with Crippen LogP contribution in [0.4, 0.5) is 0 Å². The Balaban J connectivity index is 2.03. The minimum absolute atomic E-state index is 0.0581. The number of amides is 1. The minimum Gasteiger partial charge on any atom is -0.481 e. The van der Waals surface area contributed by atoms with Gasteiger partial charge in [-0.05, 0) is 54.2 Å². The molecule has 0 unspecified atom stereocenters. The van der Waals surface area contributed by atoms with Crippen molar-refractivity contribution in [2.75, 3.05) is 6.26 Å². The Labute approximate surface area is 174 Å². The number of ether oxygens (including phenoxy) is 1. The molecule has 0 aliphatic rings. The van der Waals surface area contributed by atoms with Crippen LogP contribution in [0.3, 0.4) is 0 Å². The van der Waals surface area contributed by atoms with Crippen molar-refractivity contribution in [3.8, 4) is 5.75 Å². The van der Waals surface area contributed by atoms with Crippen molar-refractivity contribution in [3.05, 3.63) is 59.7 Å². The zero-order valence-electron chi connectivity index (χ0n) is 18.0. The van der Waals surface area contributed by atoms with Crippen LogP contribution in [0.25, 0.3) is 0 Å². The van der Waals surface area contributed by atoms with Crippen molar-refractivity contribution in [1.29, 1.82) is 0 Å². The van der Waals surface area contributed by atoms with Gasteiger partial charge in [-0.2, -0.15) is 0 Å². The third-order valence-corrected chi connectivity index (χ3v) is 5.97. The first-order chi connectivity index (χ1) is 13.4. The number of carbonyl (C=O) groups is 1. The van der Waals surface area contributed by atoms with Crippen LogP contribution in [-0.4, -0.2) is 26.7 Å². The molecule has 0 aromatic heterocycles. The predicted octanol–water partition coefficient (Wildman–Crippen LogP) is 4.42. The van der Waals surface area contributed by atoms with Crippen LogP contribution in [0.1, 0.15) is 58.2 Å². The molecule has 29 heavy (non-hydrogen) atoms. The molecule has 0 heterocycles. The topological polar surface area (TPSA) is 72.5 Å². The molecule has 2 aromatic rings. The lowest BCUT2D eigenvalue weighted by Gasteiger charge is -2.22. The van der Waals surface area contributed by atoms with Gasteiger partial charge in [0, 0.05) is 6.26 Å². The molecule has 0 aliphatic heterocycles. The van der Waals surface area contributed by atoms with Gasteiger partial charge in [-0.25, -0.2) is 8.42 Å². The maximum absolute atomic E-state index is 12.6. The zero-order chi connectivity index (χ0) is 21.8. The summed E-state index contributed by atoms with van der Waals surface area (Å²) in [6.45, 7) is 10.1. The summed E-state index contributed by atoms with van der Waals surface area (Å²) in [6, 6.07) is 14.2. The molecule has 0 saturated heterocycles. The average Bonchev–Trinajstić information content (AvgIpc) is 2.65. The predicted molar refractivity (Wildman–Crippen MR) is 116 cm³/mol. The van der Waals surface area contributed by atoms with Crippen LogP contribution >= 0.6 is 0 Å². The quantitative estimate of drug-likeness (QED) is 0.724. The van der Waals surface area contributed by atoms with Gasteiger partial charge in [-0.1, -0.05) is 52.0 Å². The van der Waals surface area contributed by atoms with E-state index in [0.29, 0.717) is 12.2 Å². The molecule has 5 nitrogen and oxygen atoms in total. The normalized spacial score (nSPS) is 14.1. The van der Waals surface area contributed by atoms with Gasteiger partial charge in [0.25, 0.3) is 5.91 Å². The number of nitrogens with one attached hydrogen (secondary N) is 1. The van der Waals surface area contributed by atoms with E-state index in [4.69, 9.17) is 4.74 Å². The standard InChI is InChI=1S/C23H31NO4S/c1-7-21(17-8-14-20(15-9-17)29(6,26)27)24-22(25)16(2)28-19-12-10-18(11-13-19)23(3,4)5/h8-16,21H,7H2,1-6H3,(H,24,25)/t16-,21-/m0/s1. The summed E-state index contributed by atoms with van der Waals surface area (Å²) in [6.07, 6.45) is 1.20. The second-order valence-electron chi connectivity index (χ2n) is 8.35. The summed E-state index contributed by atoms with van der Waals surface area (Å²) < 4.78 is 29.0. The second kappa shape index (κ2) is 8.99. The largest absolute Gasteiger partial charge is 0.481 e. The fourth-order valence-corrected chi connectivity index (χ4v) is 3.58. The first-order valence-electron chi connectivity index (χ1n) is 9.79. The number of rotatable bonds is 7. The first kappa shape index (κ1) is 22.9. The average molecular weight is 418 g/mol. The molecule has 2 rings (SSSR count). The SMILES string of the molecule is CC[C@H](NC(=O)[C@H](C)Oc1ccc(C(C)(C)C)cc1)c1ccc(S(C)(=O)=O)cc1. The first-order valence-corrected chi connectivity index (χ1v) is 11.7. The maximum Gasteiger partial charge on any atom is 0.261 e. The Kier molecular flexibility index (Phi) is 7.11. The van der Waals surface area contributed by atoms with E-state index in [9.17, 15) is 13.2 Å². The third kappa shape index (κ3) is 6.32. The zero-order valence-corrected chi connectivity index (χ0v) is 18.8. The molecule has 0 bridgehead atoms. The van der Waals surface area contributed by atoms with E-state index in [1.54, 1.807) is 31.2 Å². The van der Waals surface area contributed by atoms with Crippen LogP contribution in [0.5, 0.6) is 5.75 Å². The van der Waals surface area contributed by atoms with E-state index in [0.717, 1.165) is 5.56 Å². The number of sulfone groups is 1. The molecule has 2 atom stereocenters. The number of carbonyl (C=O) groups excluding carboxylic acids is 1. The summed E-state index contributed by atoms with van der Waals surface area (Å²) in [5, 5.41) is 2.98. The Morgan fingerprint density at radius 1 is 1.03 bits per heavy atom. The minimum atomic E-state index is -3.24. The molecule has 0 fully saturated rings. The fourth-order valence-electron chi connectivity index (χ4n) is 2.95. The van der Waals surface area contributed by atoms with Gasteiger partial charge in [-0.15, -0.1) is 0 Å². The Bertz CT molecular complexity index is 926. The highest BCUT2D eigenvalue weighted by atomic mass is 32.2. The highest BCUT2D eigenvalue weighted by molar-refractivity contribution is 7.90. The number of hydrogen-bond donors (Lipinski definition) is 1. The second-order valence-corrected chi connectivity index (χ2v) is 10.4. The Morgan fingerprint density at radius 3 is 2.03 bits per heavy atom. The molecule has 0 spiro atoms. The van der Waals surface area contributed by atoms with Crippen molar-refractivity contribution < 1.29 is 17.9 Å². The van der Waals surface area contributed by atoms with Crippen LogP contribution in [0, 0.1) is 0 Å². The summed E-state index contributed by atoms with van der Waals surface area (Å²) in [4.78, 5) is 12.9. The van der Waals surface area contributed by atoms with E-state index >= 15 is 0 Å². The highest BCUT2D eigenvalue weighted by Crippen LogP contribution is 2.25. The van der Waals surface area contributed by atoms with E-state index in [-0.39, 0.29) is 22.3 Å². The van der Waals surface area contributed by atoms with Crippen LogP contribution in [0.2, 0.25) is 0 Å². The van der Waals surface area contributed by atoms with E-state index in [1.807, 2.05) is 31.2 Å². The Hall–Kier alpha value is -2.34. The lowest BCUT2D eigenvalue weighted by atomic mass is 9.87. The van der Waals surface area contributed by atoms with Crippen LogP contribution < -0.4 is 10.1 Å². The van der Waals surface area contributed by atoms with Crippen molar-refractivity contribution >= 4 is 15.7 Å². The molecule has 6 heteroatoms. The van der Waals surface area contributed by atoms with Crippen LogP contribution in [0.15, 0.2) is 53.4 Å². The van der Waals surface area contributed by atoms with Gasteiger partial charge < -0.3 is 10.1 Å². The smallest absolute Gasteiger partial charge is 0.261 e. The van der Waals surface area contributed by atoms with Crippen molar-refractivity contribution in [2.45, 2.75) is 63.5 Å². The molecule has 158 valence electrons. The summed E-state index contributed by atoms with van der Waals surface area (Å²) in [5.41, 5.74) is 2.11. The summed E-state index contributed by atoms with van der Waals surface area (Å²) in [5.74, 6) is 0.426. The molecule has 2 aromatic carbocycles. The van der Waals surface area contributed by atoms with Gasteiger partial charge in [0.15, 0.2) is 15.9 Å². The van der Waals surface area contributed by atoms with E-state index in [2.05, 4.69) is 26.1 Å². The fraction of sp³-hybridized carbons (Fsp3) is 0.435. The highest BCUT2D eigenvalue weighted by Gasteiger charge is 2.20. The summed E-state index contributed by atoms with van der Waals surface area (Å²) >= 11 is 0.